The van der Waals surface area contributed by atoms with Gasteiger partial charge in [-0.05, 0) is 76.2 Å². The topological polar surface area (TPSA) is 34.1 Å². The van der Waals surface area contributed by atoms with Crippen LogP contribution in [0.1, 0.15) is 29.6 Å². The molecule has 1 atom stereocenters. The molecule has 1 aliphatic carbocycles. The number of hydrogen-bond acceptors (Lipinski definition) is 2. The van der Waals surface area contributed by atoms with Crippen LogP contribution in [0.2, 0.25) is 0 Å². The quantitative estimate of drug-likeness (QED) is 0.402. The van der Waals surface area contributed by atoms with E-state index in [9.17, 15) is 9.59 Å². The summed E-state index contributed by atoms with van der Waals surface area (Å²) >= 11 is 4.38. The van der Waals surface area contributed by atoms with Gasteiger partial charge < -0.3 is 0 Å². The van der Waals surface area contributed by atoms with Crippen molar-refractivity contribution in [2.75, 3.05) is 0 Å². The van der Waals surface area contributed by atoms with Crippen LogP contribution in [0.3, 0.4) is 0 Å². The second-order valence-corrected chi connectivity index (χ2v) is 6.42. The second-order valence-electron chi connectivity index (χ2n) is 3.93. The van der Waals surface area contributed by atoms with Crippen LogP contribution in [0.4, 0.5) is 0 Å². The normalized spacial score (nSPS) is 20.1. The van der Waals surface area contributed by atoms with Gasteiger partial charge in [0.2, 0.25) is 0 Å². The predicted molar refractivity (Wildman–Crippen MR) is 78.6 cm³/mol. The Hall–Kier alpha value is 0.0200. The van der Waals surface area contributed by atoms with Gasteiger partial charge >= 0.3 is 0 Å². The average Bonchev–Trinajstić information content (AvgIpc) is 2.62. The molecule has 1 aliphatic rings. The van der Waals surface area contributed by atoms with E-state index < -0.39 is 0 Å². The number of carbonyl (C=O) groups is 2. The van der Waals surface area contributed by atoms with Gasteiger partial charge in [-0.3, -0.25) is 9.59 Å². The largest absolute Gasteiger partial charge is 0.299 e. The Morgan fingerprint density at radius 2 is 1.81 bits per heavy atom. The first-order chi connectivity index (χ1) is 7.58. The van der Waals surface area contributed by atoms with Crippen molar-refractivity contribution in [1.82, 2.24) is 0 Å². The van der Waals surface area contributed by atoms with E-state index >= 15 is 0 Å². The number of benzene rings is 1. The van der Waals surface area contributed by atoms with E-state index in [1.165, 1.54) is 0 Å². The van der Waals surface area contributed by atoms with E-state index in [0.717, 1.165) is 20.0 Å². The van der Waals surface area contributed by atoms with Gasteiger partial charge in [0.15, 0.2) is 5.78 Å². The fourth-order valence-electron chi connectivity index (χ4n) is 1.99. The average molecular weight is 440 g/mol. The molecule has 0 heterocycles. The van der Waals surface area contributed by atoms with Crippen molar-refractivity contribution in [3.8, 4) is 0 Å². The Bertz CT molecular complexity index is 434. The van der Waals surface area contributed by atoms with Crippen LogP contribution in [0.15, 0.2) is 18.2 Å². The molecule has 0 radical (unpaired) electrons. The summed E-state index contributed by atoms with van der Waals surface area (Å²) in [5, 5.41) is 0. The highest BCUT2D eigenvalue weighted by Crippen LogP contribution is 2.26. The molecule has 1 saturated carbocycles. The Balaban J connectivity index is 2.30. The summed E-state index contributed by atoms with van der Waals surface area (Å²) in [7, 11) is 0. The number of ketones is 2. The van der Waals surface area contributed by atoms with Gasteiger partial charge in [0, 0.05) is 19.1 Å². The zero-order valence-electron chi connectivity index (χ0n) is 8.50. The van der Waals surface area contributed by atoms with E-state index in [1.807, 2.05) is 18.2 Å². The predicted octanol–water partition coefficient (Wildman–Crippen LogP) is 3.45. The Morgan fingerprint density at radius 1 is 1.19 bits per heavy atom. The van der Waals surface area contributed by atoms with Crippen LogP contribution in [0, 0.1) is 13.1 Å². The van der Waals surface area contributed by atoms with Crippen LogP contribution in [-0.2, 0) is 4.79 Å². The molecule has 4 heteroatoms. The standard InChI is InChI=1S/C12H10I2O2/c13-8-4-7(5-9(14)6-8)12(16)10-2-1-3-11(10)15/h4-6,10H,1-3H2. The minimum Gasteiger partial charge on any atom is -0.299 e. The lowest BCUT2D eigenvalue weighted by Gasteiger charge is -2.07. The summed E-state index contributed by atoms with van der Waals surface area (Å²) in [6, 6.07) is 5.72. The minimum absolute atomic E-state index is 0.000989. The maximum atomic E-state index is 12.1. The third-order valence-corrected chi connectivity index (χ3v) is 4.01. The molecule has 2 nitrogen and oxygen atoms in total. The highest BCUT2D eigenvalue weighted by Gasteiger charge is 2.31. The molecule has 0 amide bonds. The number of carbonyl (C=O) groups excluding carboxylic acids is 2. The number of Topliss-reactive ketones (excluding diaryl/α,β-unsaturated/α-hetero) is 2. The van der Waals surface area contributed by atoms with Crippen LogP contribution < -0.4 is 0 Å². The van der Waals surface area contributed by atoms with Gasteiger partial charge in [0.05, 0.1) is 5.92 Å². The lowest BCUT2D eigenvalue weighted by molar-refractivity contribution is -0.119. The van der Waals surface area contributed by atoms with Crippen molar-refractivity contribution in [2.24, 2.45) is 5.92 Å². The van der Waals surface area contributed by atoms with E-state index in [-0.39, 0.29) is 17.5 Å². The van der Waals surface area contributed by atoms with Crippen LogP contribution in [0.5, 0.6) is 0 Å². The summed E-state index contributed by atoms with van der Waals surface area (Å²) in [5.41, 5.74) is 0.677. The molecule has 84 valence electrons. The third kappa shape index (κ3) is 2.64. The molecular formula is C12H10I2O2. The van der Waals surface area contributed by atoms with E-state index in [0.29, 0.717) is 12.0 Å². The van der Waals surface area contributed by atoms with Crippen molar-refractivity contribution in [2.45, 2.75) is 19.3 Å². The van der Waals surface area contributed by atoms with Crippen LogP contribution in [0.25, 0.3) is 0 Å². The lowest BCUT2D eigenvalue weighted by Crippen LogP contribution is -2.18. The summed E-state index contributed by atoms with van der Waals surface area (Å²) < 4.78 is 2.08. The molecule has 1 aromatic rings. The fraction of sp³-hybridized carbons (Fsp3) is 0.333. The van der Waals surface area contributed by atoms with Crippen molar-refractivity contribution in [3.05, 3.63) is 30.9 Å². The number of halogens is 2. The van der Waals surface area contributed by atoms with Crippen molar-refractivity contribution < 1.29 is 9.59 Å². The monoisotopic (exact) mass is 440 g/mol. The molecular weight excluding hydrogens is 430 g/mol. The van der Waals surface area contributed by atoms with Gasteiger partial charge in [0.1, 0.15) is 5.78 Å². The molecule has 0 spiro atoms. The molecule has 0 aliphatic heterocycles. The van der Waals surface area contributed by atoms with Crippen molar-refractivity contribution in [3.63, 3.8) is 0 Å². The van der Waals surface area contributed by atoms with Gasteiger partial charge in [-0.15, -0.1) is 0 Å². The first-order valence-corrected chi connectivity index (χ1v) is 7.26. The summed E-state index contributed by atoms with van der Waals surface area (Å²) in [4.78, 5) is 23.7. The summed E-state index contributed by atoms with van der Waals surface area (Å²) in [6.07, 6.45) is 2.15. The molecule has 0 saturated heterocycles. The summed E-state index contributed by atoms with van der Waals surface area (Å²) in [5.74, 6) is -0.271. The maximum Gasteiger partial charge on any atom is 0.173 e. The second kappa shape index (κ2) is 5.12. The van der Waals surface area contributed by atoms with Gasteiger partial charge in [-0.1, -0.05) is 0 Å². The molecule has 0 N–H and O–H groups in total. The first-order valence-electron chi connectivity index (χ1n) is 5.11. The van der Waals surface area contributed by atoms with E-state index in [1.54, 1.807) is 0 Å². The smallest absolute Gasteiger partial charge is 0.173 e. The SMILES string of the molecule is O=C1CCCC1C(=O)c1cc(I)cc(I)c1. The van der Waals surface area contributed by atoms with Gasteiger partial charge in [-0.2, -0.15) is 0 Å². The zero-order chi connectivity index (χ0) is 11.7. The molecule has 16 heavy (non-hydrogen) atoms. The van der Waals surface area contributed by atoms with Crippen LogP contribution >= 0.6 is 45.2 Å². The van der Waals surface area contributed by atoms with Crippen molar-refractivity contribution >= 4 is 56.7 Å². The first kappa shape index (κ1) is 12.5. The van der Waals surface area contributed by atoms with Gasteiger partial charge in [0.25, 0.3) is 0 Å². The van der Waals surface area contributed by atoms with Gasteiger partial charge in [-0.25, -0.2) is 0 Å². The highest BCUT2D eigenvalue weighted by molar-refractivity contribution is 14.1. The molecule has 0 aromatic heterocycles. The lowest BCUT2D eigenvalue weighted by atomic mass is 9.96. The molecule has 1 fully saturated rings. The Kier molecular flexibility index (Phi) is 3.99. The fourth-order valence-corrected chi connectivity index (χ4v) is 3.93. The number of hydrogen-bond donors (Lipinski definition) is 0. The molecule has 2 rings (SSSR count). The minimum atomic E-state index is -0.381. The maximum absolute atomic E-state index is 12.1. The number of rotatable bonds is 2. The Morgan fingerprint density at radius 3 is 2.31 bits per heavy atom. The molecule has 1 unspecified atom stereocenters. The molecule has 0 bridgehead atoms. The zero-order valence-corrected chi connectivity index (χ0v) is 12.8. The van der Waals surface area contributed by atoms with Crippen LogP contribution in [-0.4, -0.2) is 11.6 Å². The Labute approximate surface area is 121 Å². The van der Waals surface area contributed by atoms with E-state index in [2.05, 4.69) is 45.2 Å². The van der Waals surface area contributed by atoms with E-state index in [4.69, 9.17) is 0 Å². The molecule has 1 aromatic carbocycles. The van der Waals surface area contributed by atoms with Crippen molar-refractivity contribution in [1.29, 1.82) is 0 Å². The third-order valence-electron chi connectivity index (χ3n) is 2.77. The highest BCUT2D eigenvalue weighted by atomic mass is 127. The summed E-state index contributed by atoms with van der Waals surface area (Å²) in [6.45, 7) is 0.